The van der Waals surface area contributed by atoms with Crippen molar-refractivity contribution in [3.63, 3.8) is 0 Å². The van der Waals surface area contributed by atoms with E-state index in [-0.39, 0.29) is 0 Å². The zero-order valence-corrected chi connectivity index (χ0v) is 12.3. The van der Waals surface area contributed by atoms with Crippen LogP contribution in [0.3, 0.4) is 0 Å². The van der Waals surface area contributed by atoms with Crippen molar-refractivity contribution in [3.8, 4) is 0 Å². The molecule has 4 rings (SSSR count). The summed E-state index contributed by atoms with van der Waals surface area (Å²) in [5.74, 6) is 2.79. The molecule has 0 saturated heterocycles. The largest absolute Gasteiger partial charge is 0.501 e. The van der Waals surface area contributed by atoms with Crippen LogP contribution in [0.1, 0.15) is 52.4 Å². The van der Waals surface area contributed by atoms with E-state index in [0.717, 1.165) is 24.4 Å². The number of allylic oxidation sites excluding steroid dienone is 3. The molecule has 4 aliphatic rings. The van der Waals surface area contributed by atoms with Crippen molar-refractivity contribution in [2.24, 2.45) is 28.6 Å². The third-order valence-electron chi connectivity index (χ3n) is 7.03. The summed E-state index contributed by atoms with van der Waals surface area (Å²) in [5.41, 5.74) is 2.59. The van der Waals surface area contributed by atoms with Crippen molar-refractivity contribution < 1.29 is 4.74 Å². The highest BCUT2D eigenvalue weighted by Gasteiger charge is 2.54. The van der Waals surface area contributed by atoms with Crippen LogP contribution in [0.15, 0.2) is 24.0 Å². The molecule has 1 nitrogen and oxygen atoms in total. The minimum Gasteiger partial charge on any atom is -0.501 e. The lowest BCUT2D eigenvalue weighted by molar-refractivity contribution is -0.0383. The molecule has 0 spiro atoms. The second kappa shape index (κ2) is 3.90. The molecule has 0 radical (unpaired) electrons. The highest BCUT2D eigenvalue weighted by molar-refractivity contribution is 5.23. The highest BCUT2D eigenvalue weighted by atomic mass is 16.5. The van der Waals surface area contributed by atoms with Gasteiger partial charge >= 0.3 is 0 Å². The van der Waals surface area contributed by atoms with Crippen molar-refractivity contribution in [2.75, 3.05) is 6.61 Å². The molecule has 2 saturated carbocycles. The van der Waals surface area contributed by atoms with E-state index in [1.165, 1.54) is 38.5 Å². The van der Waals surface area contributed by atoms with Crippen molar-refractivity contribution in [3.05, 3.63) is 24.0 Å². The van der Waals surface area contributed by atoms with Crippen LogP contribution in [0.5, 0.6) is 0 Å². The molecule has 1 heterocycles. The smallest absolute Gasteiger partial charge is 0.0881 e. The standard InChI is InChI=1S/C18H26O/c1-17-8-3-4-15(17)14-6-5-13-12-19-11-10-18(13,2)16(14)7-9-17/h3,8,12,14-16H,4-7,9-11H2,1-2H3/t14?,15?,16?,17-,18-/m0/s1. The van der Waals surface area contributed by atoms with Gasteiger partial charge in [0, 0.05) is 0 Å². The van der Waals surface area contributed by atoms with Gasteiger partial charge in [-0.2, -0.15) is 0 Å². The predicted octanol–water partition coefficient (Wildman–Crippen LogP) is 4.70. The van der Waals surface area contributed by atoms with Crippen LogP contribution >= 0.6 is 0 Å². The summed E-state index contributed by atoms with van der Waals surface area (Å²) in [4.78, 5) is 0. The lowest BCUT2D eigenvalue weighted by Crippen LogP contribution is -2.49. The maximum Gasteiger partial charge on any atom is 0.0881 e. The molecular formula is C18H26O. The van der Waals surface area contributed by atoms with Gasteiger partial charge in [-0.05, 0) is 72.7 Å². The number of fused-ring (bicyclic) bond motifs is 5. The molecule has 0 aromatic carbocycles. The number of hydrogen-bond donors (Lipinski definition) is 0. The van der Waals surface area contributed by atoms with Crippen LogP contribution in [-0.2, 0) is 4.74 Å². The van der Waals surface area contributed by atoms with Crippen molar-refractivity contribution >= 4 is 0 Å². The van der Waals surface area contributed by atoms with Crippen molar-refractivity contribution in [1.29, 1.82) is 0 Å². The maximum atomic E-state index is 5.62. The first-order valence-corrected chi connectivity index (χ1v) is 8.12. The second-order valence-electron chi connectivity index (χ2n) is 7.78. The molecule has 3 unspecified atom stereocenters. The van der Waals surface area contributed by atoms with E-state index in [4.69, 9.17) is 4.74 Å². The normalized spacial score (nSPS) is 51.7. The summed E-state index contributed by atoms with van der Waals surface area (Å²) in [5, 5.41) is 0. The first-order valence-electron chi connectivity index (χ1n) is 8.12. The minimum absolute atomic E-state index is 0.449. The summed E-state index contributed by atoms with van der Waals surface area (Å²) in [6.45, 7) is 5.97. The Hall–Kier alpha value is -0.720. The van der Waals surface area contributed by atoms with Crippen LogP contribution in [0.2, 0.25) is 0 Å². The highest BCUT2D eigenvalue weighted by Crippen LogP contribution is 2.63. The maximum absolute atomic E-state index is 5.62. The summed E-state index contributed by atoms with van der Waals surface area (Å²) in [6, 6.07) is 0. The Morgan fingerprint density at radius 1 is 1.16 bits per heavy atom. The SMILES string of the molecule is C[C@@]12C=CCC1C1CCC3=COCC[C@]3(C)C1CC2. The van der Waals surface area contributed by atoms with Gasteiger partial charge in [-0.3, -0.25) is 0 Å². The van der Waals surface area contributed by atoms with E-state index in [1.54, 1.807) is 5.57 Å². The van der Waals surface area contributed by atoms with Crippen LogP contribution in [0.25, 0.3) is 0 Å². The number of ether oxygens (including phenoxy) is 1. The van der Waals surface area contributed by atoms with E-state index in [2.05, 4.69) is 32.3 Å². The molecule has 0 amide bonds. The Kier molecular flexibility index (Phi) is 2.47. The van der Waals surface area contributed by atoms with Crippen molar-refractivity contribution in [1.82, 2.24) is 0 Å². The van der Waals surface area contributed by atoms with E-state index >= 15 is 0 Å². The van der Waals surface area contributed by atoms with Gasteiger partial charge in [-0.15, -0.1) is 0 Å². The van der Waals surface area contributed by atoms with E-state index < -0.39 is 0 Å². The van der Waals surface area contributed by atoms with Crippen LogP contribution in [-0.4, -0.2) is 6.61 Å². The fourth-order valence-corrected chi connectivity index (χ4v) is 5.78. The Balaban J connectivity index is 1.69. The molecule has 19 heavy (non-hydrogen) atoms. The number of rotatable bonds is 0. The first-order chi connectivity index (χ1) is 9.13. The zero-order valence-electron chi connectivity index (χ0n) is 12.3. The Labute approximate surface area is 117 Å². The molecule has 1 heteroatoms. The summed E-state index contributed by atoms with van der Waals surface area (Å²) >= 11 is 0. The lowest BCUT2D eigenvalue weighted by Gasteiger charge is -2.57. The molecule has 0 bridgehead atoms. The fraction of sp³-hybridized carbons (Fsp3) is 0.778. The van der Waals surface area contributed by atoms with Gasteiger partial charge in [-0.1, -0.05) is 26.0 Å². The van der Waals surface area contributed by atoms with Gasteiger partial charge in [0.2, 0.25) is 0 Å². The Morgan fingerprint density at radius 3 is 2.95 bits per heavy atom. The van der Waals surface area contributed by atoms with Crippen molar-refractivity contribution in [2.45, 2.75) is 52.4 Å². The molecule has 0 aromatic heterocycles. The predicted molar refractivity (Wildman–Crippen MR) is 77.6 cm³/mol. The van der Waals surface area contributed by atoms with Crippen LogP contribution in [0, 0.1) is 28.6 Å². The molecule has 1 aliphatic heterocycles. The summed E-state index contributed by atoms with van der Waals surface area (Å²) in [6.07, 6.45) is 15.2. The molecule has 2 fully saturated rings. The minimum atomic E-state index is 0.449. The third kappa shape index (κ3) is 1.53. The van der Waals surface area contributed by atoms with Gasteiger partial charge < -0.3 is 4.74 Å². The number of hydrogen-bond acceptors (Lipinski definition) is 1. The molecule has 104 valence electrons. The molecule has 0 N–H and O–H groups in total. The molecule has 3 aliphatic carbocycles. The van der Waals surface area contributed by atoms with Gasteiger partial charge in [-0.25, -0.2) is 0 Å². The first kappa shape index (κ1) is 12.1. The van der Waals surface area contributed by atoms with Gasteiger partial charge in [0.15, 0.2) is 0 Å². The van der Waals surface area contributed by atoms with Crippen LogP contribution < -0.4 is 0 Å². The lowest BCUT2D eigenvalue weighted by atomic mass is 9.48. The Bertz CT molecular complexity index is 449. The van der Waals surface area contributed by atoms with Gasteiger partial charge in [0.25, 0.3) is 0 Å². The average Bonchev–Trinajstić information content (AvgIpc) is 2.79. The monoisotopic (exact) mass is 258 g/mol. The van der Waals surface area contributed by atoms with Crippen LogP contribution in [0.4, 0.5) is 0 Å². The Morgan fingerprint density at radius 2 is 2.05 bits per heavy atom. The second-order valence-corrected chi connectivity index (χ2v) is 7.78. The summed E-state index contributed by atoms with van der Waals surface area (Å²) < 4.78 is 5.62. The molecular weight excluding hydrogens is 232 g/mol. The van der Waals surface area contributed by atoms with E-state index in [1.807, 2.05) is 0 Å². The zero-order chi connectivity index (χ0) is 13.1. The molecule has 0 aromatic rings. The average molecular weight is 258 g/mol. The molecule has 5 atom stereocenters. The quantitative estimate of drug-likeness (QED) is 0.572. The topological polar surface area (TPSA) is 9.23 Å². The van der Waals surface area contributed by atoms with E-state index in [9.17, 15) is 0 Å². The van der Waals surface area contributed by atoms with Gasteiger partial charge in [0.1, 0.15) is 0 Å². The van der Waals surface area contributed by atoms with E-state index in [0.29, 0.717) is 10.8 Å². The summed E-state index contributed by atoms with van der Waals surface area (Å²) in [7, 11) is 0. The van der Waals surface area contributed by atoms with Gasteiger partial charge in [0.05, 0.1) is 12.9 Å². The fourth-order valence-electron chi connectivity index (χ4n) is 5.78. The third-order valence-corrected chi connectivity index (χ3v) is 7.03.